The van der Waals surface area contributed by atoms with E-state index >= 15 is 0 Å². The van der Waals surface area contributed by atoms with Gasteiger partial charge in [0.25, 0.3) is 0 Å². The van der Waals surface area contributed by atoms with E-state index in [1.54, 1.807) is 0 Å². The van der Waals surface area contributed by atoms with Crippen molar-refractivity contribution in [2.24, 2.45) is 0 Å². The molecule has 0 saturated carbocycles. The van der Waals surface area contributed by atoms with Gasteiger partial charge in [-0.25, -0.2) is 0 Å². The average molecular weight is 267 g/mol. The summed E-state index contributed by atoms with van der Waals surface area (Å²) in [7, 11) is 4.30. The van der Waals surface area contributed by atoms with Crippen LogP contribution in [-0.4, -0.2) is 32.3 Å². The van der Waals surface area contributed by atoms with Crippen LogP contribution in [-0.2, 0) is 0 Å². The van der Waals surface area contributed by atoms with Crippen LogP contribution in [0.15, 0.2) is 24.3 Å². The van der Waals surface area contributed by atoms with Crippen LogP contribution in [0.5, 0.6) is 0 Å². The third-order valence-electron chi connectivity index (χ3n) is 2.48. The standard InChI is InChI=1S/C13H22N4S/c1-11-6-4-7-12(10-11)15-16-13(18)14-8-5-9-17(2)3/h4,6-7,10,15H,5,8-9H2,1-3H3,(H2,14,16,18)/p+1. The molecule has 0 amide bonds. The van der Waals surface area contributed by atoms with Crippen molar-refractivity contribution in [2.75, 3.05) is 32.6 Å². The van der Waals surface area contributed by atoms with E-state index in [0.717, 1.165) is 25.2 Å². The van der Waals surface area contributed by atoms with Gasteiger partial charge in [-0.05, 0) is 36.8 Å². The van der Waals surface area contributed by atoms with E-state index in [4.69, 9.17) is 12.2 Å². The van der Waals surface area contributed by atoms with Gasteiger partial charge in [0, 0.05) is 13.0 Å². The Kier molecular flexibility index (Phi) is 6.46. The van der Waals surface area contributed by atoms with Crippen molar-refractivity contribution < 1.29 is 4.90 Å². The third kappa shape index (κ3) is 6.42. The summed E-state index contributed by atoms with van der Waals surface area (Å²) in [6, 6.07) is 8.13. The zero-order valence-corrected chi connectivity index (χ0v) is 12.2. The molecule has 4 N–H and O–H groups in total. The summed E-state index contributed by atoms with van der Waals surface area (Å²) in [5.41, 5.74) is 8.28. The summed E-state index contributed by atoms with van der Waals surface area (Å²) in [5, 5.41) is 3.80. The van der Waals surface area contributed by atoms with Gasteiger partial charge in [0.2, 0.25) is 0 Å². The molecule has 0 heterocycles. The molecular weight excluding hydrogens is 244 g/mol. The lowest BCUT2D eigenvalue weighted by Crippen LogP contribution is -3.05. The molecule has 1 rings (SSSR count). The molecule has 0 bridgehead atoms. The number of thiocarbonyl (C=S) groups is 1. The van der Waals surface area contributed by atoms with Crippen molar-refractivity contribution in [3.8, 4) is 0 Å². The summed E-state index contributed by atoms with van der Waals surface area (Å²) in [6.07, 6.45) is 1.11. The van der Waals surface area contributed by atoms with Crippen molar-refractivity contribution >= 4 is 23.0 Å². The Balaban J connectivity index is 2.17. The maximum Gasteiger partial charge on any atom is 0.185 e. The Labute approximate surface area is 115 Å². The highest BCUT2D eigenvalue weighted by Gasteiger charge is 1.97. The Morgan fingerprint density at radius 1 is 1.33 bits per heavy atom. The maximum absolute atomic E-state index is 5.17. The summed E-state index contributed by atoms with van der Waals surface area (Å²) < 4.78 is 0. The van der Waals surface area contributed by atoms with E-state index in [9.17, 15) is 0 Å². The van der Waals surface area contributed by atoms with Crippen LogP contribution in [0.4, 0.5) is 5.69 Å². The highest BCUT2D eigenvalue weighted by Crippen LogP contribution is 2.07. The topological polar surface area (TPSA) is 40.5 Å². The van der Waals surface area contributed by atoms with E-state index in [1.807, 2.05) is 12.1 Å². The van der Waals surface area contributed by atoms with Crippen LogP contribution in [0.25, 0.3) is 0 Å². The van der Waals surface area contributed by atoms with Crippen molar-refractivity contribution in [3.05, 3.63) is 29.8 Å². The zero-order chi connectivity index (χ0) is 13.4. The first kappa shape index (κ1) is 14.7. The lowest BCUT2D eigenvalue weighted by atomic mass is 10.2. The van der Waals surface area contributed by atoms with Crippen molar-refractivity contribution in [3.63, 3.8) is 0 Å². The van der Waals surface area contributed by atoms with Gasteiger partial charge in [0.1, 0.15) is 0 Å². The lowest BCUT2D eigenvalue weighted by Gasteiger charge is -2.13. The molecule has 0 aliphatic carbocycles. The van der Waals surface area contributed by atoms with E-state index in [1.165, 1.54) is 10.5 Å². The molecule has 0 aliphatic rings. The predicted octanol–water partition coefficient (Wildman–Crippen LogP) is 0.321. The smallest absolute Gasteiger partial charge is 0.185 e. The quantitative estimate of drug-likeness (QED) is 0.340. The monoisotopic (exact) mass is 267 g/mol. The zero-order valence-electron chi connectivity index (χ0n) is 11.3. The number of hydrazine groups is 1. The Morgan fingerprint density at radius 3 is 2.78 bits per heavy atom. The maximum atomic E-state index is 5.17. The fourth-order valence-electron chi connectivity index (χ4n) is 1.54. The van der Waals surface area contributed by atoms with E-state index in [2.05, 4.69) is 49.3 Å². The number of quaternary nitrogens is 1. The van der Waals surface area contributed by atoms with Crippen LogP contribution in [0, 0.1) is 6.92 Å². The summed E-state index contributed by atoms with van der Waals surface area (Å²) >= 11 is 5.17. The van der Waals surface area contributed by atoms with Crippen LogP contribution < -0.4 is 21.1 Å². The fraction of sp³-hybridized carbons (Fsp3) is 0.462. The Bertz CT molecular complexity index is 379. The van der Waals surface area contributed by atoms with Gasteiger partial charge in [-0.1, -0.05) is 12.1 Å². The number of benzene rings is 1. The molecule has 0 atom stereocenters. The van der Waals surface area contributed by atoms with E-state index in [-0.39, 0.29) is 0 Å². The summed E-state index contributed by atoms with van der Waals surface area (Å²) in [5.74, 6) is 0. The van der Waals surface area contributed by atoms with Gasteiger partial charge in [0.15, 0.2) is 5.11 Å². The average Bonchev–Trinajstić information content (AvgIpc) is 2.32. The first-order valence-corrected chi connectivity index (χ1v) is 6.64. The second-order valence-corrected chi connectivity index (χ2v) is 5.09. The number of hydrogen-bond acceptors (Lipinski definition) is 2. The predicted molar refractivity (Wildman–Crippen MR) is 80.8 cm³/mol. The molecule has 4 nitrogen and oxygen atoms in total. The fourth-order valence-corrected chi connectivity index (χ4v) is 1.69. The minimum atomic E-state index is 0.630. The minimum Gasteiger partial charge on any atom is -0.361 e. The van der Waals surface area contributed by atoms with E-state index in [0.29, 0.717) is 5.11 Å². The Morgan fingerprint density at radius 2 is 2.11 bits per heavy atom. The van der Waals surface area contributed by atoms with Gasteiger partial charge in [0.05, 0.1) is 26.3 Å². The summed E-state index contributed by atoms with van der Waals surface area (Å²) in [4.78, 5) is 1.45. The van der Waals surface area contributed by atoms with Crippen LogP contribution >= 0.6 is 12.2 Å². The molecule has 100 valence electrons. The van der Waals surface area contributed by atoms with Crippen LogP contribution in [0.2, 0.25) is 0 Å². The molecular formula is C13H23N4S+. The largest absolute Gasteiger partial charge is 0.361 e. The number of nitrogens with one attached hydrogen (secondary N) is 4. The SMILES string of the molecule is Cc1cccc(NNC(=S)NCCC[NH+](C)C)c1. The highest BCUT2D eigenvalue weighted by molar-refractivity contribution is 7.80. The second-order valence-electron chi connectivity index (χ2n) is 4.69. The normalized spacial score (nSPS) is 10.2. The molecule has 0 spiro atoms. The molecule has 0 fully saturated rings. The second kappa shape index (κ2) is 7.89. The minimum absolute atomic E-state index is 0.630. The Hall–Kier alpha value is -1.33. The van der Waals surface area contributed by atoms with Gasteiger partial charge in [-0.3, -0.25) is 10.9 Å². The number of rotatable bonds is 6. The van der Waals surface area contributed by atoms with Gasteiger partial charge < -0.3 is 10.2 Å². The first-order chi connectivity index (χ1) is 8.58. The van der Waals surface area contributed by atoms with Crippen LogP contribution in [0.1, 0.15) is 12.0 Å². The molecule has 5 heteroatoms. The van der Waals surface area contributed by atoms with Crippen molar-refractivity contribution in [1.29, 1.82) is 0 Å². The molecule has 1 aromatic carbocycles. The number of aryl methyl sites for hydroxylation is 1. The van der Waals surface area contributed by atoms with Crippen molar-refractivity contribution in [1.82, 2.24) is 10.7 Å². The number of hydrogen-bond donors (Lipinski definition) is 4. The molecule has 0 unspecified atom stereocenters. The van der Waals surface area contributed by atoms with Gasteiger partial charge >= 0.3 is 0 Å². The van der Waals surface area contributed by atoms with Gasteiger partial charge in [-0.15, -0.1) is 0 Å². The molecule has 1 aromatic rings. The lowest BCUT2D eigenvalue weighted by molar-refractivity contribution is -0.858. The van der Waals surface area contributed by atoms with E-state index < -0.39 is 0 Å². The van der Waals surface area contributed by atoms with Gasteiger partial charge in [-0.2, -0.15) is 0 Å². The molecule has 0 aliphatic heterocycles. The van der Waals surface area contributed by atoms with Crippen molar-refractivity contribution in [2.45, 2.75) is 13.3 Å². The molecule has 0 radical (unpaired) electrons. The first-order valence-electron chi connectivity index (χ1n) is 6.23. The number of anilines is 1. The molecule has 0 aromatic heterocycles. The molecule has 18 heavy (non-hydrogen) atoms. The summed E-state index contributed by atoms with van der Waals surface area (Å²) in [6.45, 7) is 4.10. The molecule has 0 saturated heterocycles. The van der Waals surface area contributed by atoms with Crippen LogP contribution in [0.3, 0.4) is 0 Å². The third-order valence-corrected chi connectivity index (χ3v) is 2.72. The highest BCUT2D eigenvalue weighted by atomic mass is 32.1.